The van der Waals surface area contributed by atoms with Crippen LogP contribution in [0.15, 0.2) is 0 Å². The van der Waals surface area contributed by atoms with Crippen molar-refractivity contribution in [2.75, 3.05) is 6.61 Å². The number of ketones is 1. The number of carbonyl (C=O) groups excluding carboxylic acids is 1. The molecule has 1 atom stereocenters. The smallest absolute Gasteiger partial charge is 0.333 e. The van der Waals surface area contributed by atoms with E-state index in [0.29, 0.717) is 6.42 Å². The quantitative estimate of drug-likeness (QED) is 0.554. The highest BCUT2D eigenvalue weighted by molar-refractivity contribution is 5.86. The Kier molecular flexibility index (Phi) is 2.01. The molecule has 56 valence electrons. The molecule has 1 fully saturated rings. The number of carboxylic acids is 1. The first-order chi connectivity index (χ1) is 4.70. The van der Waals surface area contributed by atoms with Crippen molar-refractivity contribution in [1.29, 1.82) is 0 Å². The van der Waals surface area contributed by atoms with Gasteiger partial charge in [0.2, 0.25) is 0 Å². The molecule has 0 aromatic carbocycles. The van der Waals surface area contributed by atoms with E-state index in [9.17, 15) is 9.59 Å². The van der Waals surface area contributed by atoms with Crippen molar-refractivity contribution in [2.45, 2.75) is 18.9 Å². The van der Waals surface area contributed by atoms with Crippen LogP contribution in [-0.4, -0.2) is 29.6 Å². The molecule has 0 aliphatic carbocycles. The van der Waals surface area contributed by atoms with Crippen molar-refractivity contribution >= 4 is 11.8 Å². The zero-order valence-corrected chi connectivity index (χ0v) is 5.37. The van der Waals surface area contributed by atoms with Gasteiger partial charge in [0.05, 0.1) is 6.61 Å². The molecule has 0 bridgehead atoms. The van der Waals surface area contributed by atoms with Crippen LogP contribution in [0.1, 0.15) is 12.8 Å². The molecule has 0 saturated carbocycles. The van der Waals surface area contributed by atoms with Crippen molar-refractivity contribution in [2.24, 2.45) is 0 Å². The lowest BCUT2D eigenvalue weighted by molar-refractivity contribution is -0.156. The SMILES string of the molecule is O=C1CCO[C@H](C(=O)O)C1. The Morgan fingerprint density at radius 3 is 2.80 bits per heavy atom. The van der Waals surface area contributed by atoms with E-state index in [1.165, 1.54) is 0 Å². The van der Waals surface area contributed by atoms with Crippen LogP contribution in [0.5, 0.6) is 0 Å². The van der Waals surface area contributed by atoms with E-state index in [2.05, 4.69) is 0 Å². The molecule has 0 aromatic rings. The zero-order valence-electron chi connectivity index (χ0n) is 5.37. The summed E-state index contributed by atoms with van der Waals surface area (Å²) in [5.41, 5.74) is 0. The van der Waals surface area contributed by atoms with Crippen LogP contribution in [0.3, 0.4) is 0 Å². The molecule has 0 spiro atoms. The second kappa shape index (κ2) is 2.79. The van der Waals surface area contributed by atoms with Gasteiger partial charge in [-0.15, -0.1) is 0 Å². The number of carboxylic acid groups (broad SMARTS) is 1. The number of aliphatic carboxylic acids is 1. The average Bonchev–Trinajstić information content (AvgIpc) is 1.88. The average molecular weight is 144 g/mol. The van der Waals surface area contributed by atoms with Crippen LogP contribution in [-0.2, 0) is 14.3 Å². The van der Waals surface area contributed by atoms with Gasteiger partial charge < -0.3 is 9.84 Å². The molecule has 0 radical (unpaired) electrons. The maximum absolute atomic E-state index is 10.6. The fourth-order valence-electron chi connectivity index (χ4n) is 0.841. The first kappa shape index (κ1) is 7.21. The Bertz CT molecular complexity index is 161. The molecule has 1 heterocycles. The van der Waals surface area contributed by atoms with E-state index < -0.39 is 12.1 Å². The van der Waals surface area contributed by atoms with E-state index >= 15 is 0 Å². The summed E-state index contributed by atoms with van der Waals surface area (Å²) in [7, 11) is 0. The molecule has 1 aliphatic heterocycles. The second-order valence-corrected chi connectivity index (χ2v) is 2.19. The summed E-state index contributed by atoms with van der Waals surface area (Å²) in [6.07, 6.45) is -0.528. The van der Waals surface area contributed by atoms with Crippen LogP contribution >= 0.6 is 0 Å². The van der Waals surface area contributed by atoms with Crippen LogP contribution in [0, 0.1) is 0 Å². The fourth-order valence-corrected chi connectivity index (χ4v) is 0.841. The predicted octanol–water partition coefficient (Wildman–Crippen LogP) is -0.181. The van der Waals surface area contributed by atoms with Gasteiger partial charge >= 0.3 is 5.97 Å². The van der Waals surface area contributed by atoms with E-state index in [1.807, 2.05) is 0 Å². The minimum Gasteiger partial charge on any atom is -0.479 e. The Balaban J connectivity index is 2.47. The van der Waals surface area contributed by atoms with Crippen molar-refractivity contribution < 1.29 is 19.4 Å². The third-order valence-corrected chi connectivity index (χ3v) is 1.39. The van der Waals surface area contributed by atoms with Gasteiger partial charge in [-0.25, -0.2) is 4.79 Å². The van der Waals surface area contributed by atoms with Crippen molar-refractivity contribution in [3.63, 3.8) is 0 Å². The lowest BCUT2D eigenvalue weighted by Gasteiger charge is -2.17. The normalized spacial score (nSPS) is 26.4. The summed E-state index contributed by atoms with van der Waals surface area (Å²) >= 11 is 0. The molecule has 1 N–H and O–H groups in total. The third kappa shape index (κ3) is 1.54. The molecule has 1 saturated heterocycles. The van der Waals surface area contributed by atoms with E-state index in [4.69, 9.17) is 9.84 Å². The number of Topliss-reactive ketones (excluding diaryl/α,β-unsaturated/α-hetero) is 1. The third-order valence-electron chi connectivity index (χ3n) is 1.39. The molecule has 10 heavy (non-hydrogen) atoms. The molecular weight excluding hydrogens is 136 g/mol. The first-order valence-corrected chi connectivity index (χ1v) is 3.06. The van der Waals surface area contributed by atoms with Crippen LogP contribution in [0.25, 0.3) is 0 Å². The lowest BCUT2D eigenvalue weighted by atomic mass is 10.1. The van der Waals surface area contributed by atoms with Crippen molar-refractivity contribution in [3.05, 3.63) is 0 Å². The summed E-state index contributed by atoms with van der Waals surface area (Å²) in [4.78, 5) is 20.9. The molecule has 0 amide bonds. The zero-order chi connectivity index (χ0) is 7.56. The van der Waals surface area contributed by atoms with Crippen molar-refractivity contribution in [1.82, 2.24) is 0 Å². The Morgan fingerprint density at radius 2 is 2.40 bits per heavy atom. The van der Waals surface area contributed by atoms with Gasteiger partial charge in [0.15, 0.2) is 6.10 Å². The maximum Gasteiger partial charge on any atom is 0.333 e. The number of carbonyl (C=O) groups is 2. The highest BCUT2D eigenvalue weighted by atomic mass is 16.5. The van der Waals surface area contributed by atoms with Crippen molar-refractivity contribution in [3.8, 4) is 0 Å². The highest BCUT2D eigenvalue weighted by Crippen LogP contribution is 2.08. The molecule has 0 unspecified atom stereocenters. The lowest BCUT2D eigenvalue weighted by Crippen LogP contribution is -2.32. The standard InChI is InChI=1S/C6H8O4/c7-4-1-2-10-5(3-4)6(8)9/h5H,1-3H2,(H,8,9)/t5-/m0/s1. The summed E-state index contributed by atoms with van der Waals surface area (Å²) < 4.78 is 4.79. The molecule has 1 rings (SSSR count). The largest absolute Gasteiger partial charge is 0.479 e. The van der Waals surface area contributed by atoms with E-state index in [1.54, 1.807) is 0 Å². The number of ether oxygens (including phenoxy) is 1. The van der Waals surface area contributed by atoms with Gasteiger partial charge in [-0.1, -0.05) is 0 Å². The molecule has 4 heteroatoms. The maximum atomic E-state index is 10.6. The van der Waals surface area contributed by atoms with Gasteiger partial charge in [0.1, 0.15) is 5.78 Å². The summed E-state index contributed by atoms with van der Waals surface area (Å²) in [6.45, 7) is 0.246. The number of rotatable bonds is 1. The van der Waals surface area contributed by atoms with Crippen LogP contribution in [0.4, 0.5) is 0 Å². The van der Waals surface area contributed by atoms with Gasteiger partial charge in [-0.2, -0.15) is 0 Å². The summed E-state index contributed by atoms with van der Waals surface area (Å²) in [5, 5.41) is 8.38. The predicted molar refractivity (Wildman–Crippen MR) is 31.6 cm³/mol. The van der Waals surface area contributed by atoms with Crippen LogP contribution < -0.4 is 0 Å². The summed E-state index contributed by atoms with van der Waals surface area (Å²) in [6, 6.07) is 0. The topological polar surface area (TPSA) is 63.6 Å². The Morgan fingerprint density at radius 1 is 1.70 bits per heavy atom. The number of hydrogen-bond acceptors (Lipinski definition) is 3. The summed E-state index contributed by atoms with van der Waals surface area (Å²) in [5.74, 6) is -1.08. The van der Waals surface area contributed by atoms with E-state index in [-0.39, 0.29) is 18.8 Å². The second-order valence-electron chi connectivity index (χ2n) is 2.19. The van der Waals surface area contributed by atoms with Gasteiger partial charge in [-0.3, -0.25) is 4.79 Å². The first-order valence-electron chi connectivity index (χ1n) is 3.06. The van der Waals surface area contributed by atoms with E-state index in [0.717, 1.165) is 0 Å². The Labute approximate surface area is 57.8 Å². The van der Waals surface area contributed by atoms with Crippen LogP contribution in [0.2, 0.25) is 0 Å². The van der Waals surface area contributed by atoms with Gasteiger partial charge in [0, 0.05) is 12.8 Å². The highest BCUT2D eigenvalue weighted by Gasteiger charge is 2.25. The van der Waals surface area contributed by atoms with Gasteiger partial charge in [-0.05, 0) is 0 Å². The molecule has 1 aliphatic rings. The minimum atomic E-state index is -1.05. The van der Waals surface area contributed by atoms with Gasteiger partial charge in [0.25, 0.3) is 0 Å². The number of hydrogen-bond donors (Lipinski definition) is 1. The molecule has 0 aromatic heterocycles. The fraction of sp³-hybridized carbons (Fsp3) is 0.667. The molecule has 4 nitrogen and oxygen atoms in total. The monoisotopic (exact) mass is 144 g/mol. The molecular formula is C6H8O4. The minimum absolute atomic E-state index is 0.0231. The Hall–Kier alpha value is -0.900.